The zero-order valence-electron chi connectivity index (χ0n) is 15.7. The summed E-state index contributed by atoms with van der Waals surface area (Å²) in [5, 5.41) is 17.3. The molecule has 0 radical (unpaired) electrons. The van der Waals surface area contributed by atoms with E-state index in [2.05, 4.69) is 21.5 Å². The largest absolute Gasteiger partial charge is 0.454 e. The highest BCUT2D eigenvalue weighted by Gasteiger charge is 2.14. The maximum Gasteiger partial charge on any atom is 0.229 e. The van der Waals surface area contributed by atoms with E-state index in [4.69, 9.17) is 9.68 Å². The number of para-hydroxylation sites is 1. The van der Waals surface area contributed by atoms with Gasteiger partial charge in [-0.05, 0) is 42.0 Å². The number of anilines is 1. The van der Waals surface area contributed by atoms with Crippen molar-refractivity contribution in [3.05, 3.63) is 84.1 Å². The first-order chi connectivity index (χ1) is 14.7. The Morgan fingerprint density at radius 2 is 2.00 bits per heavy atom. The minimum atomic E-state index is -0.220. The molecule has 0 fully saturated rings. The number of fused-ring (bicyclic) bond motifs is 2. The predicted octanol–water partition coefficient (Wildman–Crippen LogP) is 4.20. The fourth-order valence-corrected chi connectivity index (χ4v) is 3.34. The second kappa shape index (κ2) is 7.18. The molecule has 0 aliphatic carbocycles. The van der Waals surface area contributed by atoms with E-state index >= 15 is 0 Å². The van der Waals surface area contributed by atoms with Gasteiger partial charge in [0.1, 0.15) is 11.3 Å². The van der Waals surface area contributed by atoms with Crippen LogP contribution in [0.1, 0.15) is 11.1 Å². The maximum absolute atomic E-state index is 12.5. The van der Waals surface area contributed by atoms with Gasteiger partial charge in [0.2, 0.25) is 5.91 Å². The number of benzene rings is 2. The topological polar surface area (TPSA) is 96.2 Å². The zero-order chi connectivity index (χ0) is 20.5. The van der Waals surface area contributed by atoms with Gasteiger partial charge in [0.25, 0.3) is 0 Å². The number of carbonyl (C=O) groups is 1. The van der Waals surface area contributed by atoms with E-state index in [0.29, 0.717) is 28.5 Å². The third-order valence-electron chi connectivity index (χ3n) is 4.73. The van der Waals surface area contributed by atoms with E-state index in [0.717, 1.165) is 16.5 Å². The summed E-state index contributed by atoms with van der Waals surface area (Å²) in [6.45, 7) is 0. The van der Waals surface area contributed by atoms with Crippen LogP contribution in [0.25, 0.3) is 28.1 Å². The first kappa shape index (κ1) is 17.6. The Morgan fingerprint density at radius 1 is 1.10 bits per heavy atom. The van der Waals surface area contributed by atoms with Crippen LogP contribution in [0.15, 0.2) is 77.3 Å². The molecule has 0 aliphatic heterocycles. The number of nitrogens with zero attached hydrogens (tertiary/aromatic N) is 4. The SMILES string of the molecule is N#Cc1cccc(CC(=O)Nc2ccc3ncc(-c4cc5ccccc5o4)n3n2)c1. The second-order valence-electron chi connectivity index (χ2n) is 6.82. The van der Waals surface area contributed by atoms with Crippen molar-refractivity contribution >= 4 is 28.3 Å². The van der Waals surface area contributed by atoms with Gasteiger partial charge in [0.15, 0.2) is 17.2 Å². The molecule has 7 nitrogen and oxygen atoms in total. The number of hydrogen-bond acceptors (Lipinski definition) is 5. The lowest BCUT2D eigenvalue weighted by molar-refractivity contribution is -0.115. The van der Waals surface area contributed by atoms with E-state index < -0.39 is 0 Å². The molecule has 1 N–H and O–H groups in total. The summed E-state index contributed by atoms with van der Waals surface area (Å²) in [5.41, 5.74) is 3.41. The molecule has 5 aromatic rings. The highest BCUT2D eigenvalue weighted by atomic mass is 16.3. The van der Waals surface area contributed by atoms with Crippen molar-refractivity contribution < 1.29 is 9.21 Å². The minimum Gasteiger partial charge on any atom is -0.454 e. The third-order valence-corrected chi connectivity index (χ3v) is 4.73. The van der Waals surface area contributed by atoms with E-state index in [9.17, 15) is 4.79 Å². The monoisotopic (exact) mass is 393 g/mol. The average Bonchev–Trinajstić information content (AvgIpc) is 3.37. The Hall–Kier alpha value is -4.44. The quantitative estimate of drug-likeness (QED) is 0.494. The molecule has 7 heteroatoms. The first-order valence-electron chi connectivity index (χ1n) is 9.32. The molecule has 2 aromatic carbocycles. The van der Waals surface area contributed by atoms with E-state index in [-0.39, 0.29) is 12.3 Å². The standard InChI is InChI=1S/C23H15N5O2/c24-13-16-5-3-4-15(10-16)11-23(29)26-21-8-9-22-25-14-18(28(22)27-21)20-12-17-6-1-2-7-19(17)30-20/h1-10,12,14H,11H2,(H,26,27,29). The molecule has 1 amide bonds. The van der Waals surface area contributed by atoms with E-state index in [1.807, 2.05) is 36.4 Å². The molecule has 0 saturated heterocycles. The summed E-state index contributed by atoms with van der Waals surface area (Å²) < 4.78 is 7.57. The van der Waals surface area contributed by atoms with Gasteiger partial charge in [-0.1, -0.05) is 30.3 Å². The maximum atomic E-state index is 12.5. The Bertz CT molecular complexity index is 1410. The number of imidazole rings is 1. The number of hydrogen-bond donors (Lipinski definition) is 1. The van der Waals surface area contributed by atoms with Gasteiger partial charge in [0.05, 0.1) is 24.3 Å². The van der Waals surface area contributed by atoms with Crippen LogP contribution in [0.5, 0.6) is 0 Å². The molecule has 3 heterocycles. The molecule has 3 aromatic heterocycles. The number of carbonyl (C=O) groups excluding carboxylic acids is 1. The number of rotatable bonds is 4. The number of amides is 1. The van der Waals surface area contributed by atoms with Crippen molar-refractivity contribution in [2.45, 2.75) is 6.42 Å². The normalized spacial score (nSPS) is 10.9. The first-order valence-corrected chi connectivity index (χ1v) is 9.32. The molecule has 0 spiro atoms. The van der Waals surface area contributed by atoms with Gasteiger partial charge in [0, 0.05) is 5.39 Å². The number of aromatic nitrogens is 3. The van der Waals surface area contributed by atoms with Crippen molar-refractivity contribution in [3.8, 4) is 17.5 Å². The molecule has 5 rings (SSSR count). The lowest BCUT2D eigenvalue weighted by atomic mass is 10.1. The van der Waals surface area contributed by atoms with Crippen LogP contribution in [0.3, 0.4) is 0 Å². The van der Waals surface area contributed by atoms with Crippen LogP contribution < -0.4 is 5.32 Å². The highest BCUT2D eigenvalue weighted by molar-refractivity contribution is 5.91. The van der Waals surface area contributed by atoms with Crippen molar-refractivity contribution in [3.63, 3.8) is 0 Å². The van der Waals surface area contributed by atoms with Crippen molar-refractivity contribution in [1.29, 1.82) is 5.26 Å². The Balaban J connectivity index is 1.42. The van der Waals surface area contributed by atoms with Crippen molar-refractivity contribution in [1.82, 2.24) is 14.6 Å². The van der Waals surface area contributed by atoms with Crippen molar-refractivity contribution in [2.75, 3.05) is 5.32 Å². The Morgan fingerprint density at radius 3 is 2.87 bits per heavy atom. The summed E-state index contributed by atoms with van der Waals surface area (Å²) in [6, 6.07) is 22.2. The smallest absolute Gasteiger partial charge is 0.229 e. The van der Waals surface area contributed by atoms with Crippen LogP contribution in [0, 0.1) is 11.3 Å². The lowest BCUT2D eigenvalue weighted by Gasteiger charge is -2.06. The van der Waals surface area contributed by atoms with Gasteiger partial charge >= 0.3 is 0 Å². The van der Waals surface area contributed by atoms with E-state index in [1.54, 1.807) is 41.0 Å². The molecule has 0 unspecified atom stereocenters. The lowest BCUT2D eigenvalue weighted by Crippen LogP contribution is -2.16. The van der Waals surface area contributed by atoms with Crippen LogP contribution in [0.4, 0.5) is 5.82 Å². The number of furan rings is 1. The number of nitriles is 1. The Labute approximate surface area is 171 Å². The van der Waals surface area contributed by atoms with Crippen molar-refractivity contribution in [2.24, 2.45) is 0 Å². The predicted molar refractivity (Wildman–Crippen MR) is 112 cm³/mol. The fourth-order valence-electron chi connectivity index (χ4n) is 3.34. The molecular formula is C23H15N5O2. The minimum absolute atomic E-state index is 0.148. The molecule has 0 bridgehead atoms. The molecule has 0 aliphatic rings. The molecular weight excluding hydrogens is 378 g/mol. The highest BCUT2D eigenvalue weighted by Crippen LogP contribution is 2.28. The molecule has 30 heavy (non-hydrogen) atoms. The second-order valence-corrected chi connectivity index (χ2v) is 6.82. The van der Waals surface area contributed by atoms with Gasteiger partial charge in [-0.15, -0.1) is 5.10 Å². The van der Waals surface area contributed by atoms with Crippen LogP contribution in [0.2, 0.25) is 0 Å². The van der Waals surface area contributed by atoms with Gasteiger partial charge in [-0.25, -0.2) is 9.50 Å². The summed E-state index contributed by atoms with van der Waals surface area (Å²) in [4.78, 5) is 16.8. The molecule has 144 valence electrons. The van der Waals surface area contributed by atoms with Crippen LogP contribution in [-0.4, -0.2) is 20.5 Å². The summed E-state index contributed by atoms with van der Waals surface area (Å²) in [5.74, 6) is 0.828. The van der Waals surface area contributed by atoms with Gasteiger partial charge in [-0.2, -0.15) is 5.26 Å². The zero-order valence-corrected chi connectivity index (χ0v) is 15.7. The Kier molecular flexibility index (Phi) is 4.23. The number of nitrogens with one attached hydrogen (secondary N) is 1. The fraction of sp³-hybridized carbons (Fsp3) is 0.0435. The summed E-state index contributed by atoms with van der Waals surface area (Å²) >= 11 is 0. The average molecular weight is 393 g/mol. The molecule has 0 saturated carbocycles. The summed E-state index contributed by atoms with van der Waals surface area (Å²) in [7, 11) is 0. The van der Waals surface area contributed by atoms with E-state index in [1.165, 1.54) is 0 Å². The molecule has 0 atom stereocenters. The summed E-state index contributed by atoms with van der Waals surface area (Å²) in [6.07, 6.45) is 1.84. The van der Waals surface area contributed by atoms with Crippen LogP contribution in [-0.2, 0) is 11.2 Å². The van der Waals surface area contributed by atoms with Gasteiger partial charge in [-0.3, -0.25) is 4.79 Å². The van der Waals surface area contributed by atoms with Crippen LogP contribution >= 0.6 is 0 Å². The third kappa shape index (κ3) is 3.27. The van der Waals surface area contributed by atoms with Gasteiger partial charge < -0.3 is 9.73 Å².